The molecule has 72 valence electrons. The van der Waals surface area contributed by atoms with Gasteiger partial charge < -0.3 is 29.0 Å². The zero-order valence-electron chi connectivity index (χ0n) is 6.39. The first kappa shape index (κ1) is 11.5. The van der Waals surface area contributed by atoms with Gasteiger partial charge in [0.1, 0.15) is 0 Å². The van der Waals surface area contributed by atoms with Crippen LogP contribution in [0.1, 0.15) is 0 Å². The van der Waals surface area contributed by atoms with E-state index in [2.05, 4.69) is 4.43 Å². The van der Waals surface area contributed by atoms with E-state index in [1.807, 2.05) is 0 Å². The molecule has 0 rings (SSSR count). The van der Waals surface area contributed by atoms with Crippen LogP contribution in [0.4, 0.5) is 0 Å². The lowest BCUT2D eigenvalue weighted by Crippen LogP contribution is -2.41. The predicted molar refractivity (Wildman–Crippen MR) is 36.1 cm³/mol. The first-order valence-electron chi connectivity index (χ1n) is 3.26. The standard InChI is InChI=1S/C5H11O6Si/c6-1-5(2-7,3-8)4-11-12(9)10/h6-8H,1-4H2/q-1. The van der Waals surface area contributed by atoms with Gasteiger partial charge in [0.2, 0.25) is 0 Å². The number of rotatable bonds is 6. The van der Waals surface area contributed by atoms with Gasteiger partial charge in [-0.25, -0.2) is 0 Å². The van der Waals surface area contributed by atoms with Gasteiger partial charge in [0.15, 0.2) is 0 Å². The lowest BCUT2D eigenvalue weighted by atomic mass is 9.93. The van der Waals surface area contributed by atoms with Crippen molar-refractivity contribution >= 4 is 9.17 Å². The third kappa shape index (κ3) is 3.26. The summed E-state index contributed by atoms with van der Waals surface area (Å²) in [4.78, 5) is 10.0. The van der Waals surface area contributed by atoms with E-state index < -0.39 is 41.0 Å². The van der Waals surface area contributed by atoms with Crippen LogP contribution in [0, 0.1) is 5.41 Å². The maximum atomic E-state index is 10.0. The Labute approximate surface area is 70.9 Å². The molecule has 7 heteroatoms. The number of aliphatic hydroxyl groups excluding tert-OH is 3. The van der Waals surface area contributed by atoms with Crippen LogP contribution in [0.5, 0.6) is 0 Å². The van der Waals surface area contributed by atoms with Crippen LogP contribution in [0.15, 0.2) is 0 Å². The molecule has 0 aromatic rings. The van der Waals surface area contributed by atoms with Crippen LogP contribution in [0.25, 0.3) is 0 Å². The zero-order valence-corrected chi connectivity index (χ0v) is 7.39. The van der Waals surface area contributed by atoms with E-state index in [4.69, 9.17) is 15.3 Å². The highest BCUT2D eigenvalue weighted by Crippen LogP contribution is 2.14. The molecule has 0 aliphatic heterocycles. The fourth-order valence-corrected chi connectivity index (χ4v) is 0.923. The number of hydrogen-bond acceptors (Lipinski definition) is 6. The molecule has 0 aliphatic carbocycles. The fraction of sp³-hybridized carbons (Fsp3) is 1.00. The maximum Gasteiger partial charge on any atom is 0.413 e. The van der Waals surface area contributed by atoms with Gasteiger partial charge in [-0.05, 0) is 0 Å². The highest BCUT2D eigenvalue weighted by molar-refractivity contribution is 6.21. The Hall–Kier alpha value is -0.503. The molecule has 0 spiro atoms. The van der Waals surface area contributed by atoms with E-state index in [-0.39, 0.29) is 0 Å². The summed E-state index contributed by atoms with van der Waals surface area (Å²) in [5.41, 5.74) is -1.27. The van der Waals surface area contributed by atoms with Crippen LogP contribution in [0.3, 0.4) is 0 Å². The van der Waals surface area contributed by atoms with Gasteiger partial charge in [0.25, 0.3) is 0 Å². The molecule has 6 nitrogen and oxygen atoms in total. The van der Waals surface area contributed by atoms with Gasteiger partial charge in [0.05, 0.1) is 25.2 Å². The zero-order chi connectivity index (χ0) is 9.61. The second-order valence-electron chi connectivity index (χ2n) is 2.51. The highest BCUT2D eigenvalue weighted by atomic mass is 28.3. The average molecular weight is 195 g/mol. The third-order valence-corrected chi connectivity index (χ3v) is 1.88. The van der Waals surface area contributed by atoms with Crippen LogP contribution in [0.2, 0.25) is 0 Å². The summed E-state index contributed by atoms with van der Waals surface area (Å²) < 4.78 is 14.2. The molecule has 0 saturated carbocycles. The van der Waals surface area contributed by atoms with Gasteiger partial charge in [-0.15, -0.1) is 0 Å². The number of hydrogen-bond donors (Lipinski definition) is 3. The van der Waals surface area contributed by atoms with Crippen molar-refractivity contribution in [1.29, 1.82) is 0 Å². The molecule has 12 heavy (non-hydrogen) atoms. The minimum atomic E-state index is -3.33. The molecule has 0 amide bonds. The Balaban J connectivity index is 4.01. The molecule has 0 fully saturated rings. The normalized spacial score (nSPS) is 11.2. The summed E-state index contributed by atoms with van der Waals surface area (Å²) in [6.45, 7) is -2.00. The van der Waals surface area contributed by atoms with Crippen molar-refractivity contribution < 1.29 is 29.0 Å². The molecule has 3 N–H and O–H groups in total. The molecular weight excluding hydrogens is 184 g/mol. The van der Waals surface area contributed by atoms with Crippen molar-refractivity contribution in [3.8, 4) is 0 Å². The minimum Gasteiger partial charge on any atom is -0.587 e. The third-order valence-electron chi connectivity index (χ3n) is 1.50. The van der Waals surface area contributed by atoms with Gasteiger partial charge in [-0.1, -0.05) is 0 Å². The molecule has 0 unspecified atom stereocenters. The van der Waals surface area contributed by atoms with Gasteiger partial charge in [-0.3, -0.25) is 0 Å². The SMILES string of the molecule is O=[Si]([O-])OCC(CO)(CO)CO. The summed E-state index contributed by atoms with van der Waals surface area (Å²) >= 11 is 0. The topological polar surface area (TPSA) is 110 Å². The molecule has 0 aromatic carbocycles. The van der Waals surface area contributed by atoms with Crippen molar-refractivity contribution in [2.24, 2.45) is 5.41 Å². The summed E-state index contributed by atoms with van der Waals surface area (Å²) in [5.74, 6) is 0. The van der Waals surface area contributed by atoms with Crippen LogP contribution < -0.4 is 4.80 Å². The van der Waals surface area contributed by atoms with Crippen LogP contribution in [-0.2, 0) is 8.89 Å². The lowest BCUT2D eigenvalue weighted by Gasteiger charge is -2.29. The largest absolute Gasteiger partial charge is 0.587 e. The fourth-order valence-electron chi connectivity index (χ4n) is 0.499. The van der Waals surface area contributed by atoms with Gasteiger partial charge in [0, 0.05) is 6.61 Å². The quantitative estimate of drug-likeness (QED) is 0.384. The maximum absolute atomic E-state index is 10.0. The monoisotopic (exact) mass is 195 g/mol. The average Bonchev–Trinajstić information content (AvgIpc) is 2.08. The Morgan fingerprint density at radius 2 is 1.67 bits per heavy atom. The smallest absolute Gasteiger partial charge is 0.413 e. The first-order valence-corrected chi connectivity index (χ1v) is 4.49. The van der Waals surface area contributed by atoms with E-state index in [1.165, 1.54) is 0 Å². The predicted octanol–water partition coefficient (Wildman–Crippen LogP) is -3.26. The van der Waals surface area contributed by atoms with Crippen molar-refractivity contribution in [2.75, 3.05) is 26.4 Å². The molecule has 0 radical (unpaired) electrons. The molecule has 0 atom stereocenters. The van der Waals surface area contributed by atoms with E-state index in [9.17, 15) is 9.26 Å². The molecule has 0 aliphatic rings. The lowest BCUT2D eigenvalue weighted by molar-refractivity contribution is -0.233. The van der Waals surface area contributed by atoms with Gasteiger partial charge >= 0.3 is 9.17 Å². The van der Waals surface area contributed by atoms with Crippen molar-refractivity contribution in [2.45, 2.75) is 0 Å². The Morgan fingerprint density at radius 3 is 1.92 bits per heavy atom. The molecule has 0 aromatic heterocycles. The number of aliphatic hydroxyl groups is 3. The minimum absolute atomic E-state index is 0.405. The van der Waals surface area contributed by atoms with Crippen molar-refractivity contribution in [3.63, 3.8) is 0 Å². The highest BCUT2D eigenvalue weighted by Gasteiger charge is 2.27. The van der Waals surface area contributed by atoms with E-state index in [1.54, 1.807) is 0 Å². The van der Waals surface area contributed by atoms with E-state index in [0.29, 0.717) is 0 Å². The van der Waals surface area contributed by atoms with Crippen LogP contribution >= 0.6 is 0 Å². The van der Waals surface area contributed by atoms with Crippen molar-refractivity contribution in [1.82, 2.24) is 0 Å². The second-order valence-corrected chi connectivity index (χ2v) is 3.30. The van der Waals surface area contributed by atoms with Gasteiger partial charge in [-0.2, -0.15) is 0 Å². The molecule has 0 saturated heterocycles. The summed E-state index contributed by atoms with van der Waals surface area (Å²) in [5, 5.41) is 26.1. The molecular formula is C5H11O6Si-. The van der Waals surface area contributed by atoms with E-state index in [0.717, 1.165) is 0 Å². The first-order chi connectivity index (χ1) is 5.60. The summed E-state index contributed by atoms with van der Waals surface area (Å²) in [6, 6.07) is 0. The van der Waals surface area contributed by atoms with Crippen LogP contribution in [-0.4, -0.2) is 50.9 Å². The Morgan fingerprint density at radius 1 is 1.25 bits per heavy atom. The second kappa shape index (κ2) is 5.20. The summed E-state index contributed by atoms with van der Waals surface area (Å²) in [7, 11) is -3.33. The Bertz CT molecular complexity index is 137. The Kier molecular flexibility index (Phi) is 4.98. The molecule has 0 bridgehead atoms. The van der Waals surface area contributed by atoms with Crippen molar-refractivity contribution in [3.05, 3.63) is 0 Å². The summed E-state index contributed by atoms with van der Waals surface area (Å²) in [6.07, 6.45) is 0. The van der Waals surface area contributed by atoms with E-state index >= 15 is 0 Å². The molecule has 0 heterocycles.